The van der Waals surface area contributed by atoms with Gasteiger partial charge in [-0.2, -0.15) is 0 Å². The van der Waals surface area contributed by atoms with Crippen LogP contribution in [0.1, 0.15) is 24.3 Å². The molecule has 1 aromatic heterocycles. The van der Waals surface area contributed by atoms with Gasteiger partial charge in [0.1, 0.15) is 11.4 Å². The Bertz CT molecular complexity index is 761. The average Bonchev–Trinajstić information content (AvgIpc) is 2.62. The molecule has 0 radical (unpaired) electrons. The van der Waals surface area contributed by atoms with Crippen molar-refractivity contribution in [2.75, 3.05) is 19.4 Å². The summed E-state index contributed by atoms with van der Waals surface area (Å²) in [5.74, 6) is 0.625. The summed E-state index contributed by atoms with van der Waals surface area (Å²) in [7, 11) is 3.26. The summed E-state index contributed by atoms with van der Waals surface area (Å²) < 4.78 is 5.83. The first-order valence-electron chi connectivity index (χ1n) is 7.91. The second-order valence-electron chi connectivity index (χ2n) is 5.69. The van der Waals surface area contributed by atoms with Gasteiger partial charge in [0.05, 0.1) is 5.69 Å². The molecule has 1 heterocycles. The van der Waals surface area contributed by atoms with Gasteiger partial charge in [0.25, 0.3) is 5.91 Å². The van der Waals surface area contributed by atoms with Gasteiger partial charge in [-0.05, 0) is 32.0 Å². The Hall–Kier alpha value is -3.09. The molecule has 0 spiro atoms. The number of nitrogens with zero attached hydrogens (tertiary/aromatic N) is 2. The van der Waals surface area contributed by atoms with Crippen LogP contribution < -0.4 is 15.4 Å². The summed E-state index contributed by atoms with van der Waals surface area (Å²) in [6.07, 6.45) is 1.49. The lowest BCUT2D eigenvalue weighted by molar-refractivity contribution is 0.0958. The normalized spacial score (nSPS) is 10.3. The SMILES string of the molecule is CNC(=O)c1cc(Oc2ccccc2NC(=O)N(C)C(C)C)ccn1. The van der Waals surface area contributed by atoms with Crippen molar-refractivity contribution in [1.82, 2.24) is 15.2 Å². The van der Waals surface area contributed by atoms with Crippen molar-refractivity contribution in [2.45, 2.75) is 19.9 Å². The third-order valence-corrected chi connectivity index (χ3v) is 3.64. The Morgan fingerprint density at radius 1 is 1.20 bits per heavy atom. The van der Waals surface area contributed by atoms with Crippen LogP contribution in [0.5, 0.6) is 11.5 Å². The first-order valence-corrected chi connectivity index (χ1v) is 7.91. The molecule has 1 aromatic carbocycles. The van der Waals surface area contributed by atoms with Crippen molar-refractivity contribution < 1.29 is 14.3 Å². The van der Waals surface area contributed by atoms with Crippen LogP contribution in [0.2, 0.25) is 0 Å². The van der Waals surface area contributed by atoms with Gasteiger partial charge >= 0.3 is 6.03 Å². The van der Waals surface area contributed by atoms with E-state index < -0.39 is 0 Å². The van der Waals surface area contributed by atoms with E-state index in [2.05, 4.69) is 15.6 Å². The Morgan fingerprint density at radius 3 is 2.60 bits per heavy atom. The largest absolute Gasteiger partial charge is 0.455 e. The molecular formula is C18H22N4O3. The maximum Gasteiger partial charge on any atom is 0.321 e. The van der Waals surface area contributed by atoms with Crippen molar-refractivity contribution in [1.29, 1.82) is 0 Å². The number of pyridine rings is 1. The molecule has 0 bridgehead atoms. The van der Waals surface area contributed by atoms with E-state index >= 15 is 0 Å². The summed E-state index contributed by atoms with van der Waals surface area (Å²) in [5.41, 5.74) is 0.791. The smallest absolute Gasteiger partial charge is 0.321 e. The van der Waals surface area contributed by atoms with E-state index in [-0.39, 0.29) is 23.7 Å². The molecule has 2 aromatic rings. The van der Waals surface area contributed by atoms with Gasteiger partial charge in [0, 0.05) is 32.4 Å². The number of urea groups is 1. The molecule has 2 rings (SSSR count). The minimum absolute atomic E-state index is 0.0726. The van der Waals surface area contributed by atoms with E-state index in [0.29, 0.717) is 17.2 Å². The van der Waals surface area contributed by atoms with E-state index in [1.54, 1.807) is 42.3 Å². The molecule has 7 nitrogen and oxygen atoms in total. The zero-order valence-electron chi connectivity index (χ0n) is 14.7. The predicted molar refractivity (Wildman–Crippen MR) is 96.1 cm³/mol. The minimum Gasteiger partial charge on any atom is -0.455 e. The van der Waals surface area contributed by atoms with E-state index in [9.17, 15) is 9.59 Å². The Labute approximate surface area is 147 Å². The van der Waals surface area contributed by atoms with Crippen molar-refractivity contribution in [3.63, 3.8) is 0 Å². The lowest BCUT2D eigenvalue weighted by Crippen LogP contribution is -2.36. The highest BCUT2D eigenvalue weighted by Crippen LogP contribution is 2.29. The fourth-order valence-electron chi connectivity index (χ4n) is 1.95. The predicted octanol–water partition coefficient (Wildman–Crippen LogP) is 3.11. The number of rotatable bonds is 5. The lowest BCUT2D eigenvalue weighted by atomic mass is 10.2. The van der Waals surface area contributed by atoms with Crippen molar-refractivity contribution >= 4 is 17.6 Å². The standard InChI is InChI=1S/C18H22N4O3/c1-12(2)22(4)18(24)21-14-7-5-6-8-16(14)25-13-9-10-20-15(11-13)17(23)19-3/h5-12H,1-4H3,(H,19,23)(H,21,24). The van der Waals surface area contributed by atoms with Crippen molar-refractivity contribution in [3.05, 3.63) is 48.3 Å². The topological polar surface area (TPSA) is 83.6 Å². The number of ether oxygens (including phenoxy) is 1. The second-order valence-corrected chi connectivity index (χ2v) is 5.69. The zero-order valence-corrected chi connectivity index (χ0v) is 14.7. The molecule has 0 fully saturated rings. The van der Waals surface area contributed by atoms with Crippen LogP contribution in [0, 0.1) is 0 Å². The highest BCUT2D eigenvalue weighted by atomic mass is 16.5. The number of benzene rings is 1. The molecular weight excluding hydrogens is 320 g/mol. The summed E-state index contributed by atoms with van der Waals surface area (Å²) >= 11 is 0. The third-order valence-electron chi connectivity index (χ3n) is 3.64. The number of carbonyl (C=O) groups excluding carboxylic acids is 2. The third kappa shape index (κ3) is 4.69. The number of hydrogen-bond acceptors (Lipinski definition) is 4. The molecule has 0 saturated carbocycles. The molecule has 0 aliphatic rings. The summed E-state index contributed by atoms with van der Waals surface area (Å²) in [6, 6.07) is 10.1. The number of nitrogens with one attached hydrogen (secondary N) is 2. The number of amides is 3. The highest BCUT2D eigenvalue weighted by Gasteiger charge is 2.15. The second kappa shape index (κ2) is 8.14. The van der Waals surface area contributed by atoms with Crippen LogP contribution in [0.3, 0.4) is 0 Å². The maximum atomic E-state index is 12.2. The van der Waals surface area contributed by atoms with E-state index in [1.807, 2.05) is 13.8 Å². The molecule has 3 amide bonds. The number of anilines is 1. The van der Waals surface area contributed by atoms with Gasteiger partial charge in [0.2, 0.25) is 0 Å². The molecule has 0 saturated heterocycles. The summed E-state index contributed by atoms with van der Waals surface area (Å²) in [5, 5.41) is 5.34. The van der Waals surface area contributed by atoms with Crippen LogP contribution in [0.15, 0.2) is 42.6 Å². The van der Waals surface area contributed by atoms with Crippen LogP contribution in [-0.4, -0.2) is 42.0 Å². The summed E-state index contributed by atoms with van der Waals surface area (Å²) in [6.45, 7) is 3.86. The van der Waals surface area contributed by atoms with Crippen LogP contribution in [0.25, 0.3) is 0 Å². The average molecular weight is 342 g/mol. The lowest BCUT2D eigenvalue weighted by Gasteiger charge is -2.22. The first kappa shape index (κ1) is 18.3. The molecule has 25 heavy (non-hydrogen) atoms. The molecule has 7 heteroatoms. The molecule has 0 aliphatic heterocycles. The Morgan fingerprint density at radius 2 is 1.92 bits per heavy atom. The zero-order chi connectivity index (χ0) is 18.4. The molecule has 0 unspecified atom stereocenters. The van der Waals surface area contributed by atoms with Gasteiger partial charge in [-0.15, -0.1) is 0 Å². The minimum atomic E-state index is -0.300. The van der Waals surface area contributed by atoms with Gasteiger partial charge in [-0.25, -0.2) is 4.79 Å². The molecule has 0 aliphatic carbocycles. The fraction of sp³-hybridized carbons (Fsp3) is 0.278. The molecule has 2 N–H and O–H groups in total. The van der Waals surface area contributed by atoms with E-state index in [1.165, 1.54) is 19.3 Å². The molecule has 132 valence electrons. The maximum absolute atomic E-state index is 12.2. The quantitative estimate of drug-likeness (QED) is 0.874. The van der Waals surface area contributed by atoms with Crippen molar-refractivity contribution in [2.24, 2.45) is 0 Å². The number of para-hydroxylation sites is 2. The van der Waals surface area contributed by atoms with Gasteiger partial charge in [-0.3, -0.25) is 9.78 Å². The molecule has 0 atom stereocenters. The first-order chi connectivity index (χ1) is 11.9. The monoisotopic (exact) mass is 342 g/mol. The van der Waals surface area contributed by atoms with Crippen LogP contribution in [0.4, 0.5) is 10.5 Å². The van der Waals surface area contributed by atoms with Crippen LogP contribution in [-0.2, 0) is 0 Å². The van der Waals surface area contributed by atoms with Gasteiger partial charge in [-0.1, -0.05) is 12.1 Å². The summed E-state index contributed by atoms with van der Waals surface area (Å²) in [4.78, 5) is 29.5. The van der Waals surface area contributed by atoms with Gasteiger partial charge in [0.15, 0.2) is 5.75 Å². The fourth-order valence-corrected chi connectivity index (χ4v) is 1.95. The Balaban J connectivity index is 2.21. The van der Waals surface area contributed by atoms with Crippen molar-refractivity contribution in [3.8, 4) is 11.5 Å². The van der Waals surface area contributed by atoms with E-state index in [0.717, 1.165) is 0 Å². The number of hydrogen-bond donors (Lipinski definition) is 2. The van der Waals surface area contributed by atoms with Gasteiger partial charge < -0.3 is 20.3 Å². The van der Waals surface area contributed by atoms with E-state index in [4.69, 9.17) is 4.74 Å². The number of aromatic nitrogens is 1. The number of carbonyl (C=O) groups is 2. The van der Waals surface area contributed by atoms with Crippen LogP contribution >= 0.6 is 0 Å². The highest BCUT2D eigenvalue weighted by molar-refractivity contribution is 5.92. The Kier molecular flexibility index (Phi) is 5.94.